The minimum Gasteiger partial charge on any atom is -0.302 e. The quantitative estimate of drug-likeness (QED) is 0.904. The number of thiazole rings is 1. The zero-order chi connectivity index (χ0) is 16.1. The van der Waals surface area contributed by atoms with Crippen LogP contribution in [0.4, 0.5) is 9.52 Å². The van der Waals surface area contributed by atoms with Crippen molar-refractivity contribution < 1.29 is 9.18 Å². The van der Waals surface area contributed by atoms with Gasteiger partial charge in [-0.15, -0.1) is 11.3 Å². The number of likely N-dealkylation sites (tertiary alicyclic amines) is 1. The molecular formula is C17H20FN3OS. The number of benzene rings is 1. The highest BCUT2D eigenvalue weighted by Gasteiger charge is 2.24. The lowest BCUT2D eigenvalue weighted by atomic mass is 9.95. The fourth-order valence-corrected chi connectivity index (χ4v) is 3.61. The molecule has 1 amide bonds. The van der Waals surface area contributed by atoms with E-state index in [1.165, 1.54) is 17.4 Å². The third-order valence-electron chi connectivity index (χ3n) is 4.15. The molecule has 0 saturated carbocycles. The molecule has 1 aromatic heterocycles. The number of amides is 1. The van der Waals surface area contributed by atoms with Gasteiger partial charge in [-0.2, -0.15) is 0 Å². The number of anilines is 1. The number of nitrogens with zero attached hydrogens (tertiary/aromatic N) is 2. The molecule has 1 aromatic carbocycles. The van der Waals surface area contributed by atoms with Crippen molar-refractivity contribution >= 4 is 22.4 Å². The van der Waals surface area contributed by atoms with Crippen LogP contribution in [0.25, 0.3) is 0 Å². The number of aromatic nitrogens is 1. The molecule has 1 saturated heterocycles. The van der Waals surface area contributed by atoms with Gasteiger partial charge in [-0.25, -0.2) is 9.37 Å². The molecular weight excluding hydrogens is 313 g/mol. The molecule has 0 spiro atoms. The zero-order valence-corrected chi connectivity index (χ0v) is 13.7. The summed E-state index contributed by atoms with van der Waals surface area (Å²) in [6.45, 7) is 1.63. The van der Waals surface area contributed by atoms with Gasteiger partial charge in [0.25, 0.3) is 0 Å². The van der Waals surface area contributed by atoms with Gasteiger partial charge in [0.1, 0.15) is 5.82 Å². The smallest absolute Gasteiger partial charge is 0.227 e. The number of carbonyl (C=O) groups is 1. The molecule has 6 heteroatoms. The Morgan fingerprint density at radius 2 is 2.35 bits per heavy atom. The van der Waals surface area contributed by atoms with Crippen LogP contribution >= 0.6 is 11.3 Å². The predicted octanol–water partition coefficient (Wildman–Crippen LogP) is 3.84. The van der Waals surface area contributed by atoms with E-state index >= 15 is 0 Å². The minimum absolute atomic E-state index is 0.0245. The van der Waals surface area contributed by atoms with Crippen LogP contribution in [0.2, 0.25) is 0 Å². The maximum absolute atomic E-state index is 13.5. The van der Waals surface area contributed by atoms with E-state index in [1.54, 1.807) is 18.3 Å². The van der Waals surface area contributed by atoms with E-state index in [4.69, 9.17) is 0 Å². The van der Waals surface area contributed by atoms with Gasteiger partial charge in [0.05, 0.1) is 0 Å². The third-order valence-corrected chi connectivity index (χ3v) is 4.84. The zero-order valence-electron chi connectivity index (χ0n) is 12.9. The summed E-state index contributed by atoms with van der Waals surface area (Å²) < 4.78 is 13.5. The van der Waals surface area contributed by atoms with Crippen molar-refractivity contribution in [2.45, 2.75) is 31.7 Å². The first kappa shape index (κ1) is 16.1. The Bertz CT molecular complexity index is 647. The first-order chi connectivity index (χ1) is 11.2. The predicted molar refractivity (Wildman–Crippen MR) is 89.9 cm³/mol. The molecule has 1 atom stereocenters. The highest BCUT2D eigenvalue weighted by Crippen LogP contribution is 2.31. The molecule has 2 heterocycles. The highest BCUT2D eigenvalue weighted by atomic mass is 32.1. The van der Waals surface area contributed by atoms with Gasteiger partial charge in [-0.05, 0) is 37.1 Å². The number of carbonyl (C=O) groups excluding carboxylic acids is 1. The molecule has 4 nitrogen and oxygen atoms in total. The molecule has 3 rings (SSSR count). The summed E-state index contributed by atoms with van der Waals surface area (Å²) in [4.78, 5) is 18.4. The molecule has 122 valence electrons. The summed E-state index contributed by atoms with van der Waals surface area (Å²) in [7, 11) is 0. The lowest BCUT2D eigenvalue weighted by Gasteiger charge is -2.36. The maximum atomic E-state index is 13.5. The Morgan fingerprint density at radius 3 is 3.13 bits per heavy atom. The average molecular weight is 333 g/mol. The van der Waals surface area contributed by atoms with Crippen molar-refractivity contribution in [1.29, 1.82) is 0 Å². The first-order valence-corrected chi connectivity index (χ1v) is 8.79. The standard InChI is InChI=1S/C17H20FN3OS/c18-14-5-3-4-13(12-14)15-6-1-2-9-21(15)10-7-16(22)20-17-19-8-11-23-17/h3-5,8,11-12,15H,1-2,6-7,9-10H2,(H,19,20,22). The number of nitrogens with one attached hydrogen (secondary N) is 1. The fourth-order valence-electron chi connectivity index (χ4n) is 3.06. The summed E-state index contributed by atoms with van der Waals surface area (Å²) in [6, 6.07) is 7.01. The normalized spacial score (nSPS) is 18.7. The monoisotopic (exact) mass is 333 g/mol. The summed E-state index contributed by atoms with van der Waals surface area (Å²) >= 11 is 1.41. The second-order valence-electron chi connectivity index (χ2n) is 5.74. The molecule has 1 aliphatic rings. The molecule has 1 unspecified atom stereocenters. The van der Waals surface area contributed by atoms with E-state index in [9.17, 15) is 9.18 Å². The lowest BCUT2D eigenvalue weighted by Crippen LogP contribution is -2.35. The Kier molecular flexibility index (Phi) is 5.35. The molecule has 23 heavy (non-hydrogen) atoms. The van der Waals surface area contributed by atoms with Crippen LogP contribution in [-0.2, 0) is 4.79 Å². The van der Waals surface area contributed by atoms with Crippen LogP contribution in [0, 0.1) is 5.82 Å². The second kappa shape index (κ2) is 7.66. The van der Waals surface area contributed by atoms with Crippen molar-refractivity contribution in [3.05, 3.63) is 47.2 Å². The molecule has 0 bridgehead atoms. The SMILES string of the molecule is O=C(CCN1CCCCC1c1cccc(F)c1)Nc1nccs1. The van der Waals surface area contributed by atoms with E-state index in [0.717, 1.165) is 31.4 Å². The van der Waals surface area contributed by atoms with E-state index in [2.05, 4.69) is 15.2 Å². The Balaban J connectivity index is 1.59. The van der Waals surface area contributed by atoms with Crippen molar-refractivity contribution in [1.82, 2.24) is 9.88 Å². The molecule has 1 fully saturated rings. The van der Waals surface area contributed by atoms with Gasteiger partial charge in [-0.3, -0.25) is 9.69 Å². The van der Waals surface area contributed by atoms with Gasteiger partial charge >= 0.3 is 0 Å². The molecule has 1 aliphatic heterocycles. The number of rotatable bonds is 5. The van der Waals surface area contributed by atoms with Crippen molar-refractivity contribution in [2.75, 3.05) is 18.4 Å². The van der Waals surface area contributed by atoms with Crippen LogP contribution in [0.5, 0.6) is 0 Å². The summed E-state index contributed by atoms with van der Waals surface area (Å²) in [5, 5.41) is 5.28. The van der Waals surface area contributed by atoms with Gasteiger partial charge in [-0.1, -0.05) is 18.6 Å². The number of piperidine rings is 1. The number of hydrogen-bond acceptors (Lipinski definition) is 4. The second-order valence-corrected chi connectivity index (χ2v) is 6.63. The van der Waals surface area contributed by atoms with E-state index in [0.29, 0.717) is 18.1 Å². The van der Waals surface area contributed by atoms with E-state index in [1.807, 2.05) is 11.4 Å². The van der Waals surface area contributed by atoms with Crippen molar-refractivity contribution in [2.24, 2.45) is 0 Å². The maximum Gasteiger partial charge on any atom is 0.227 e. The minimum atomic E-state index is -0.200. The largest absolute Gasteiger partial charge is 0.302 e. The Labute approximate surface area is 139 Å². The molecule has 1 N–H and O–H groups in total. The van der Waals surface area contributed by atoms with Crippen LogP contribution in [0.15, 0.2) is 35.8 Å². The molecule has 0 aliphatic carbocycles. The summed E-state index contributed by atoms with van der Waals surface area (Å²) in [6.07, 6.45) is 5.37. The third kappa shape index (κ3) is 4.36. The summed E-state index contributed by atoms with van der Waals surface area (Å²) in [5.41, 5.74) is 1.00. The summed E-state index contributed by atoms with van der Waals surface area (Å²) in [5.74, 6) is -0.224. The topological polar surface area (TPSA) is 45.2 Å². The first-order valence-electron chi connectivity index (χ1n) is 7.91. The van der Waals surface area contributed by atoms with Gasteiger partial charge in [0.2, 0.25) is 5.91 Å². The Morgan fingerprint density at radius 1 is 1.43 bits per heavy atom. The van der Waals surface area contributed by atoms with E-state index in [-0.39, 0.29) is 17.8 Å². The van der Waals surface area contributed by atoms with Crippen LogP contribution < -0.4 is 5.32 Å². The van der Waals surface area contributed by atoms with Crippen molar-refractivity contribution in [3.8, 4) is 0 Å². The highest BCUT2D eigenvalue weighted by molar-refractivity contribution is 7.13. The van der Waals surface area contributed by atoms with Crippen LogP contribution in [0.3, 0.4) is 0 Å². The Hall–Kier alpha value is -1.79. The fraction of sp³-hybridized carbons (Fsp3) is 0.412. The van der Waals surface area contributed by atoms with Crippen LogP contribution in [-0.4, -0.2) is 28.9 Å². The van der Waals surface area contributed by atoms with Gasteiger partial charge in [0.15, 0.2) is 5.13 Å². The van der Waals surface area contributed by atoms with E-state index < -0.39 is 0 Å². The van der Waals surface area contributed by atoms with Gasteiger partial charge < -0.3 is 5.32 Å². The van der Waals surface area contributed by atoms with Gasteiger partial charge in [0, 0.05) is 30.6 Å². The number of hydrogen-bond donors (Lipinski definition) is 1. The molecule has 0 radical (unpaired) electrons. The van der Waals surface area contributed by atoms with Crippen molar-refractivity contribution in [3.63, 3.8) is 0 Å². The molecule has 2 aromatic rings. The number of halogens is 1. The lowest BCUT2D eigenvalue weighted by molar-refractivity contribution is -0.116. The average Bonchev–Trinajstić information content (AvgIpc) is 3.06. The van der Waals surface area contributed by atoms with Crippen LogP contribution in [0.1, 0.15) is 37.3 Å².